The first kappa shape index (κ1) is 28.2. The fourth-order valence-electron chi connectivity index (χ4n) is 6.11. The molecule has 0 bridgehead atoms. The average Bonchev–Trinajstić information content (AvgIpc) is 3.57. The third-order valence-corrected chi connectivity index (χ3v) is 8.13. The maximum absolute atomic E-state index is 8.26. The Labute approximate surface area is 283 Å². The van der Waals surface area contributed by atoms with Gasteiger partial charge in [-0.1, -0.05) is 84.4 Å². The van der Waals surface area contributed by atoms with Gasteiger partial charge in [0, 0.05) is 34.5 Å². The zero-order chi connectivity index (χ0) is 31.2. The van der Waals surface area contributed by atoms with E-state index in [0.29, 0.717) is 23.4 Å². The Morgan fingerprint density at radius 1 is 0.696 bits per heavy atom. The van der Waals surface area contributed by atoms with Gasteiger partial charge in [-0.25, -0.2) is 4.98 Å². The Kier molecular flexibility index (Phi) is 7.53. The van der Waals surface area contributed by atoms with Crippen molar-refractivity contribution in [2.24, 2.45) is 0 Å². The molecule has 0 unspecified atom stereocenters. The number of aryl methyl sites for hydroxylation is 1. The van der Waals surface area contributed by atoms with E-state index in [1.165, 1.54) is 0 Å². The zero-order valence-corrected chi connectivity index (χ0v) is 27.4. The third kappa shape index (κ3) is 5.23. The van der Waals surface area contributed by atoms with Crippen molar-refractivity contribution in [3.8, 4) is 45.3 Å². The van der Waals surface area contributed by atoms with Crippen LogP contribution in [0.3, 0.4) is 0 Å². The molecule has 46 heavy (non-hydrogen) atoms. The minimum atomic E-state index is 0. The molecule has 224 valence electrons. The molecule has 0 spiro atoms. The van der Waals surface area contributed by atoms with E-state index >= 15 is 0 Å². The molecule has 0 radical (unpaired) electrons. The quantitative estimate of drug-likeness (QED) is 0.158. The van der Waals surface area contributed by atoms with Gasteiger partial charge in [-0.2, -0.15) is 17.2 Å². The van der Waals surface area contributed by atoms with Crippen LogP contribution in [-0.2, 0) is 21.1 Å². The molecule has 0 aliphatic rings. The van der Waals surface area contributed by atoms with E-state index < -0.39 is 0 Å². The number of aromatic nitrogens is 4. The maximum atomic E-state index is 8.26. The van der Waals surface area contributed by atoms with Gasteiger partial charge in [0.1, 0.15) is 5.82 Å². The van der Waals surface area contributed by atoms with Crippen molar-refractivity contribution in [2.45, 2.75) is 13.8 Å². The van der Waals surface area contributed by atoms with Gasteiger partial charge in [0.2, 0.25) is 0 Å². The molecule has 0 amide bonds. The number of nitrogens with zero attached hydrogens (tertiary/aromatic N) is 4. The number of hydrogen-bond acceptors (Lipinski definition) is 3. The summed E-state index contributed by atoms with van der Waals surface area (Å²) in [6.07, 6.45) is 1.66. The van der Waals surface area contributed by atoms with E-state index in [-0.39, 0.29) is 21.1 Å². The first-order valence-corrected chi connectivity index (χ1v) is 14.8. The molecule has 0 aliphatic heterocycles. The van der Waals surface area contributed by atoms with Crippen LogP contribution >= 0.6 is 0 Å². The Morgan fingerprint density at radius 3 is 2.24 bits per heavy atom. The van der Waals surface area contributed by atoms with Crippen LogP contribution < -0.4 is 4.74 Å². The van der Waals surface area contributed by atoms with Crippen molar-refractivity contribution in [3.05, 3.63) is 157 Å². The molecule has 5 aromatic carbocycles. The van der Waals surface area contributed by atoms with Crippen LogP contribution in [0.2, 0.25) is 0 Å². The van der Waals surface area contributed by atoms with Gasteiger partial charge in [-0.15, -0.1) is 35.7 Å². The predicted molar refractivity (Wildman–Crippen MR) is 180 cm³/mol. The van der Waals surface area contributed by atoms with Crippen molar-refractivity contribution in [1.82, 2.24) is 19.3 Å². The van der Waals surface area contributed by atoms with Gasteiger partial charge in [-0.3, -0.25) is 4.68 Å². The second-order valence-corrected chi connectivity index (χ2v) is 11.0. The molecule has 6 heteroatoms. The monoisotopic (exact) mass is 776 g/mol. The summed E-state index contributed by atoms with van der Waals surface area (Å²) in [4.78, 5) is 4.63. The SMILES string of the molecule is [2H]c1ccnc(-n2c3[c-]c(Oc4[c-]c(-n5nc(C)c(-c6ccccc6)c5C)ccc4)ccc3c3cc(-c4ccccc4)ccc32)c1.[Pt+2]. The molecule has 0 N–H and O–H groups in total. The van der Waals surface area contributed by atoms with Crippen molar-refractivity contribution in [2.75, 3.05) is 0 Å². The summed E-state index contributed by atoms with van der Waals surface area (Å²) < 4.78 is 18.6. The predicted octanol–water partition coefficient (Wildman–Crippen LogP) is 9.71. The zero-order valence-electron chi connectivity index (χ0n) is 26.1. The van der Waals surface area contributed by atoms with E-state index in [0.717, 1.165) is 61.1 Å². The number of rotatable bonds is 6. The van der Waals surface area contributed by atoms with Crippen molar-refractivity contribution >= 4 is 21.8 Å². The van der Waals surface area contributed by atoms with Gasteiger partial charge in [-0.05, 0) is 59.8 Å². The first-order valence-electron chi connectivity index (χ1n) is 15.3. The fraction of sp³-hybridized carbons (Fsp3) is 0.0500. The number of pyridine rings is 1. The van der Waals surface area contributed by atoms with Gasteiger partial charge in [0.25, 0.3) is 0 Å². The molecular weight excluding hydrogens is 748 g/mol. The molecule has 3 aromatic heterocycles. The van der Waals surface area contributed by atoms with Crippen molar-refractivity contribution in [3.63, 3.8) is 0 Å². The second kappa shape index (κ2) is 12.3. The summed E-state index contributed by atoms with van der Waals surface area (Å²) in [6, 6.07) is 47.7. The molecule has 0 fully saturated rings. The first-order chi connectivity index (χ1) is 22.5. The van der Waals surface area contributed by atoms with E-state index in [2.05, 4.69) is 72.6 Å². The van der Waals surface area contributed by atoms with E-state index in [9.17, 15) is 0 Å². The Morgan fingerprint density at radius 2 is 1.46 bits per heavy atom. The van der Waals surface area contributed by atoms with Crippen LogP contribution in [0.1, 0.15) is 12.8 Å². The number of hydrogen-bond donors (Lipinski definition) is 0. The van der Waals surface area contributed by atoms with Crippen LogP contribution in [0.15, 0.2) is 134 Å². The molecule has 0 saturated carbocycles. The smallest absolute Gasteiger partial charge is 0.509 e. The summed E-state index contributed by atoms with van der Waals surface area (Å²) in [5.41, 5.74) is 9.11. The van der Waals surface area contributed by atoms with Crippen LogP contribution in [0.5, 0.6) is 11.5 Å². The Bertz CT molecular complexity index is 2380. The van der Waals surface area contributed by atoms with E-state index in [4.69, 9.17) is 11.2 Å². The standard InChI is InChI=1S/C40H28N4O.Pt/c1-27-40(30-14-7-4-8-15-30)28(2)44(42-27)32-16-11-17-33(25-32)45-34-20-21-35-36-24-31(29-12-5-3-6-13-29)19-22-37(36)43(38(35)26-34)39-18-9-10-23-41-39;/h3-24H,1-2H3;/q-2;+2/i9D;. The summed E-state index contributed by atoms with van der Waals surface area (Å²) in [5, 5.41) is 6.94. The minimum Gasteiger partial charge on any atom is -0.509 e. The van der Waals surface area contributed by atoms with Crippen molar-refractivity contribution in [1.29, 1.82) is 0 Å². The molecular formula is C40H28N4OPt. The van der Waals surface area contributed by atoms with Crippen molar-refractivity contribution < 1.29 is 27.2 Å². The number of benzene rings is 5. The Balaban J connectivity index is 0.00000351. The molecule has 5 nitrogen and oxygen atoms in total. The van der Waals surface area contributed by atoms with Crippen LogP contribution in [-0.4, -0.2) is 19.3 Å². The van der Waals surface area contributed by atoms with Gasteiger partial charge in [0.05, 0.1) is 7.06 Å². The average molecular weight is 777 g/mol. The molecule has 0 atom stereocenters. The number of fused-ring (bicyclic) bond motifs is 3. The second-order valence-electron chi connectivity index (χ2n) is 11.0. The maximum Gasteiger partial charge on any atom is 2.00 e. The molecule has 0 saturated heterocycles. The summed E-state index contributed by atoms with van der Waals surface area (Å²) in [7, 11) is 0. The molecule has 8 aromatic rings. The Hall–Kier alpha value is -5.25. The minimum absolute atomic E-state index is 0. The third-order valence-electron chi connectivity index (χ3n) is 8.13. The summed E-state index contributed by atoms with van der Waals surface area (Å²) in [6.45, 7) is 4.11. The largest absolute Gasteiger partial charge is 2.00 e. The van der Waals surface area contributed by atoms with Gasteiger partial charge >= 0.3 is 21.1 Å². The van der Waals surface area contributed by atoms with E-state index in [1.54, 1.807) is 18.3 Å². The summed E-state index contributed by atoms with van der Waals surface area (Å²) >= 11 is 0. The van der Waals surface area contributed by atoms with Crippen LogP contribution in [0.25, 0.3) is 55.6 Å². The van der Waals surface area contributed by atoms with Crippen LogP contribution in [0.4, 0.5) is 0 Å². The normalized spacial score (nSPS) is 11.4. The van der Waals surface area contributed by atoms with E-state index in [1.807, 2.05) is 76.8 Å². The van der Waals surface area contributed by atoms with Crippen LogP contribution in [0, 0.1) is 26.0 Å². The topological polar surface area (TPSA) is 44.9 Å². The summed E-state index contributed by atoms with van der Waals surface area (Å²) in [5.74, 6) is 1.76. The molecule has 8 rings (SSSR count). The van der Waals surface area contributed by atoms with Gasteiger partial charge < -0.3 is 9.30 Å². The molecule has 3 heterocycles. The number of ether oxygens (including phenoxy) is 1. The van der Waals surface area contributed by atoms with Gasteiger partial charge in [0.15, 0.2) is 0 Å². The fourth-order valence-corrected chi connectivity index (χ4v) is 6.11. The molecule has 0 aliphatic carbocycles.